The lowest BCUT2D eigenvalue weighted by atomic mass is 9.79. The Kier molecular flexibility index (Phi) is 5.96. The molecule has 0 bridgehead atoms. The van der Waals surface area contributed by atoms with Crippen LogP contribution < -0.4 is 4.90 Å². The zero-order chi connectivity index (χ0) is 22.0. The third kappa shape index (κ3) is 4.28. The third-order valence-electron chi connectivity index (χ3n) is 5.74. The van der Waals surface area contributed by atoms with Crippen molar-refractivity contribution in [1.82, 2.24) is 0 Å². The van der Waals surface area contributed by atoms with E-state index >= 15 is 0 Å². The van der Waals surface area contributed by atoms with Crippen LogP contribution in [0.1, 0.15) is 29.2 Å². The summed E-state index contributed by atoms with van der Waals surface area (Å²) in [5.41, 5.74) is 4.14. The van der Waals surface area contributed by atoms with E-state index in [-0.39, 0.29) is 36.1 Å². The number of hydrogen-bond acceptors (Lipinski definition) is 2. The minimum Gasteiger partial charge on any atom is -0.392 e. The van der Waals surface area contributed by atoms with E-state index in [4.69, 9.17) is 0 Å². The van der Waals surface area contributed by atoms with Crippen LogP contribution in [-0.2, 0) is 4.79 Å². The fourth-order valence-electron chi connectivity index (χ4n) is 4.02. The SMILES string of the molecule is Cc1ccc([C@@H]2[C@@H](C/C=C(\CO)c3ccc(F)cc3)C(=O)N2c2ccc(F)cc2)cc1. The van der Waals surface area contributed by atoms with Crippen molar-refractivity contribution in [3.63, 3.8) is 0 Å². The maximum atomic E-state index is 13.4. The van der Waals surface area contributed by atoms with Gasteiger partial charge >= 0.3 is 0 Å². The Hall–Kier alpha value is -3.31. The maximum absolute atomic E-state index is 13.4. The molecule has 0 unspecified atom stereocenters. The van der Waals surface area contributed by atoms with E-state index < -0.39 is 0 Å². The highest BCUT2D eigenvalue weighted by atomic mass is 19.1. The number of hydrogen-bond donors (Lipinski definition) is 1. The summed E-state index contributed by atoms with van der Waals surface area (Å²) in [6.07, 6.45) is 2.28. The molecule has 1 aliphatic rings. The molecule has 0 aliphatic carbocycles. The average Bonchev–Trinajstić information content (AvgIpc) is 2.78. The van der Waals surface area contributed by atoms with Gasteiger partial charge in [0.1, 0.15) is 11.6 Å². The monoisotopic (exact) mass is 419 g/mol. The van der Waals surface area contributed by atoms with E-state index in [2.05, 4.69) is 0 Å². The second kappa shape index (κ2) is 8.82. The van der Waals surface area contributed by atoms with Gasteiger partial charge in [-0.2, -0.15) is 0 Å². The first kappa shape index (κ1) is 20.9. The predicted octanol–water partition coefficient (Wildman–Crippen LogP) is 5.44. The molecule has 1 N–H and O–H groups in total. The van der Waals surface area contributed by atoms with Gasteiger partial charge in [0.05, 0.1) is 18.6 Å². The molecule has 3 aromatic carbocycles. The molecule has 1 saturated heterocycles. The van der Waals surface area contributed by atoms with Crippen LogP contribution in [0.4, 0.5) is 14.5 Å². The molecule has 1 aliphatic heterocycles. The van der Waals surface area contributed by atoms with Crippen molar-refractivity contribution < 1.29 is 18.7 Å². The minimum absolute atomic E-state index is 0.0511. The Morgan fingerprint density at radius 3 is 2.10 bits per heavy atom. The smallest absolute Gasteiger partial charge is 0.233 e. The first-order valence-corrected chi connectivity index (χ1v) is 10.2. The molecule has 5 heteroatoms. The highest BCUT2D eigenvalue weighted by Crippen LogP contribution is 2.45. The van der Waals surface area contributed by atoms with Crippen LogP contribution >= 0.6 is 0 Å². The summed E-state index contributed by atoms with van der Waals surface area (Å²) in [5, 5.41) is 9.79. The van der Waals surface area contributed by atoms with Crippen LogP contribution in [-0.4, -0.2) is 17.6 Å². The van der Waals surface area contributed by atoms with Gasteiger partial charge < -0.3 is 10.0 Å². The van der Waals surface area contributed by atoms with Gasteiger partial charge in [-0.15, -0.1) is 0 Å². The maximum Gasteiger partial charge on any atom is 0.233 e. The zero-order valence-electron chi connectivity index (χ0n) is 17.1. The number of allylic oxidation sites excluding steroid dienone is 1. The van der Waals surface area contributed by atoms with Gasteiger partial charge in [-0.3, -0.25) is 4.79 Å². The quantitative estimate of drug-likeness (QED) is 0.540. The van der Waals surface area contributed by atoms with Crippen LogP contribution in [0, 0.1) is 24.5 Å². The lowest BCUT2D eigenvalue weighted by molar-refractivity contribution is -0.130. The lowest BCUT2D eigenvalue weighted by Crippen LogP contribution is -2.55. The third-order valence-corrected chi connectivity index (χ3v) is 5.74. The number of amides is 1. The number of benzene rings is 3. The first-order chi connectivity index (χ1) is 15.0. The first-order valence-electron chi connectivity index (χ1n) is 10.2. The molecule has 0 spiro atoms. The number of halogens is 2. The van der Waals surface area contributed by atoms with Crippen molar-refractivity contribution in [2.45, 2.75) is 19.4 Å². The van der Waals surface area contributed by atoms with Crippen LogP contribution in [0.2, 0.25) is 0 Å². The number of aliphatic hydroxyl groups is 1. The number of anilines is 1. The Morgan fingerprint density at radius 1 is 0.935 bits per heavy atom. The molecule has 4 rings (SSSR count). The van der Waals surface area contributed by atoms with Crippen LogP contribution in [0.3, 0.4) is 0 Å². The molecule has 0 saturated carbocycles. The normalized spacial score (nSPS) is 18.8. The van der Waals surface area contributed by atoms with Gasteiger partial charge in [0.15, 0.2) is 0 Å². The van der Waals surface area contributed by atoms with Crippen LogP contribution in [0.25, 0.3) is 5.57 Å². The topological polar surface area (TPSA) is 40.5 Å². The van der Waals surface area contributed by atoms with Crippen molar-refractivity contribution in [2.24, 2.45) is 5.92 Å². The summed E-state index contributed by atoms with van der Waals surface area (Å²) in [7, 11) is 0. The fourth-order valence-corrected chi connectivity index (χ4v) is 4.02. The second-order valence-electron chi connectivity index (χ2n) is 7.78. The van der Waals surface area contributed by atoms with Crippen molar-refractivity contribution in [3.8, 4) is 0 Å². The fraction of sp³-hybridized carbons (Fsp3) is 0.192. The van der Waals surface area contributed by atoms with Crippen molar-refractivity contribution in [1.29, 1.82) is 0 Å². The largest absolute Gasteiger partial charge is 0.392 e. The summed E-state index contributed by atoms with van der Waals surface area (Å²) < 4.78 is 26.6. The summed E-state index contributed by atoms with van der Waals surface area (Å²) in [4.78, 5) is 14.8. The molecule has 31 heavy (non-hydrogen) atoms. The molecule has 3 nitrogen and oxygen atoms in total. The Bertz CT molecular complexity index is 1090. The molecule has 3 aromatic rings. The molecule has 1 amide bonds. The summed E-state index contributed by atoms with van der Waals surface area (Å²) in [5.74, 6) is -1.06. The van der Waals surface area contributed by atoms with E-state index in [1.165, 1.54) is 24.3 Å². The average molecular weight is 419 g/mol. The van der Waals surface area contributed by atoms with E-state index in [9.17, 15) is 18.7 Å². The number of rotatable bonds is 6. The van der Waals surface area contributed by atoms with E-state index in [0.717, 1.165) is 16.7 Å². The Labute approximate surface area is 180 Å². The summed E-state index contributed by atoms with van der Waals surface area (Å²) in [6, 6.07) is 19.7. The molecular formula is C26H23F2NO2. The van der Waals surface area contributed by atoms with Crippen molar-refractivity contribution >= 4 is 17.2 Å². The number of carbonyl (C=O) groups excluding carboxylic acids is 1. The Morgan fingerprint density at radius 2 is 1.52 bits per heavy atom. The molecule has 1 heterocycles. The predicted molar refractivity (Wildman–Crippen MR) is 117 cm³/mol. The van der Waals surface area contributed by atoms with E-state index in [0.29, 0.717) is 17.7 Å². The van der Waals surface area contributed by atoms with Gasteiger partial charge in [0.25, 0.3) is 0 Å². The molecule has 1 fully saturated rings. The highest BCUT2D eigenvalue weighted by molar-refractivity contribution is 6.03. The highest BCUT2D eigenvalue weighted by Gasteiger charge is 2.48. The Balaban J connectivity index is 1.63. The van der Waals surface area contributed by atoms with Crippen LogP contribution in [0.15, 0.2) is 78.9 Å². The standard InChI is InChI=1S/C26H23F2NO2/c1-17-2-4-19(5-3-17)25-24(26(31)29(25)23-13-11-22(28)12-14-23)15-8-20(16-30)18-6-9-21(27)10-7-18/h2-14,24-25,30H,15-16H2,1H3/b20-8+/t24-,25-/m1/s1. The van der Waals surface area contributed by atoms with Gasteiger partial charge in [0.2, 0.25) is 5.91 Å². The van der Waals surface area contributed by atoms with Gasteiger partial charge in [0, 0.05) is 5.69 Å². The van der Waals surface area contributed by atoms with Gasteiger partial charge in [-0.05, 0) is 66.4 Å². The van der Waals surface area contributed by atoms with Crippen molar-refractivity contribution in [3.05, 3.63) is 107 Å². The number of aryl methyl sites for hydroxylation is 1. The molecule has 0 radical (unpaired) electrons. The summed E-state index contributed by atoms with van der Waals surface area (Å²) >= 11 is 0. The zero-order valence-corrected chi connectivity index (χ0v) is 17.1. The lowest BCUT2D eigenvalue weighted by Gasteiger charge is -2.47. The summed E-state index contributed by atoms with van der Waals surface area (Å²) in [6.45, 7) is 1.80. The second-order valence-corrected chi connectivity index (χ2v) is 7.78. The van der Waals surface area contributed by atoms with E-state index in [1.54, 1.807) is 29.2 Å². The molecule has 158 valence electrons. The molecule has 2 atom stereocenters. The molecule has 0 aromatic heterocycles. The number of aliphatic hydroxyl groups excluding tert-OH is 1. The van der Waals surface area contributed by atoms with Crippen molar-refractivity contribution in [2.75, 3.05) is 11.5 Å². The number of β-lactam (4-membered cyclic amide) rings is 1. The van der Waals surface area contributed by atoms with E-state index in [1.807, 2.05) is 37.3 Å². The minimum atomic E-state index is -0.352. The van der Waals surface area contributed by atoms with Gasteiger partial charge in [-0.1, -0.05) is 48.0 Å². The van der Waals surface area contributed by atoms with Gasteiger partial charge in [-0.25, -0.2) is 8.78 Å². The molecular weight excluding hydrogens is 396 g/mol. The number of carbonyl (C=O) groups is 1. The van der Waals surface area contributed by atoms with Crippen LogP contribution in [0.5, 0.6) is 0 Å². The number of nitrogens with zero attached hydrogens (tertiary/aromatic N) is 1.